The first-order valence-electron chi connectivity index (χ1n) is 6.17. The average Bonchev–Trinajstić information content (AvgIpc) is 2.28. The van der Waals surface area contributed by atoms with Crippen LogP contribution >= 0.6 is 0 Å². The van der Waals surface area contributed by atoms with Crippen LogP contribution in [0.3, 0.4) is 0 Å². The van der Waals surface area contributed by atoms with E-state index >= 15 is 0 Å². The maximum Gasteiger partial charge on any atom is 0.248 e. The molecule has 1 aliphatic carbocycles. The van der Waals surface area contributed by atoms with Crippen LogP contribution < -0.4 is 16.8 Å². The molecule has 1 fully saturated rings. The number of nitrogens with one attached hydrogen (secondary N) is 1. The molecule has 5 N–H and O–H groups in total. The molecule has 0 atom stereocenters. The van der Waals surface area contributed by atoms with Gasteiger partial charge in [0.1, 0.15) is 0 Å². The van der Waals surface area contributed by atoms with E-state index in [0.717, 1.165) is 25.1 Å². The molecule has 18 heavy (non-hydrogen) atoms. The number of anilines is 2. The van der Waals surface area contributed by atoms with Gasteiger partial charge in [0.25, 0.3) is 0 Å². The van der Waals surface area contributed by atoms with Crippen LogP contribution in [0.4, 0.5) is 11.4 Å². The fourth-order valence-electron chi connectivity index (χ4n) is 2.11. The Kier molecular flexibility index (Phi) is 3.72. The van der Waals surface area contributed by atoms with Gasteiger partial charge in [-0.15, -0.1) is 0 Å². The number of nitrogen functional groups attached to an aromatic ring is 1. The van der Waals surface area contributed by atoms with Crippen LogP contribution in [-0.4, -0.2) is 24.7 Å². The number of ether oxygens (including phenoxy) is 1. The monoisotopic (exact) mass is 249 g/mol. The second kappa shape index (κ2) is 5.27. The summed E-state index contributed by atoms with van der Waals surface area (Å²) in [4.78, 5) is 11.1. The largest absolute Gasteiger partial charge is 0.397 e. The Labute approximate surface area is 106 Å². The molecule has 0 bridgehead atoms. The Hall–Kier alpha value is -1.75. The average molecular weight is 249 g/mol. The molecule has 0 saturated heterocycles. The van der Waals surface area contributed by atoms with Crippen molar-refractivity contribution < 1.29 is 9.53 Å². The van der Waals surface area contributed by atoms with E-state index in [4.69, 9.17) is 16.2 Å². The van der Waals surface area contributed by atoms with Gasteiger partial charge < -0.3 is 21.5 Å². The zero-order chi connectivity index (χ0) is 13.1. The van der Waals surface area contributed by atoms with E-state index in [2.05, 4.69) is 5.32 Å². The molecule has 0 aromatic heterocycles. The Bertz CT molecular complexity index is 442. The minimum Gasteiger partial charge on any atom is -0.397 e. The van der Waals surface area contributed by atoms with Gasteiger partial charge in [0.15, 0.2) is 0 Å². The lowest BCUT2D eigenvalue weighted by Crippen LogP contribution is -2.41. The molecule has 1 aromatic carbocycles. The van der Waals surface area contributed by atoms with Crippen LogP contribution in [0.2, 0.25) is 0 Å². The molecule has 1 saturated carbocycles. The fourth-order valence-corrected chi connectivity index (χ4v) is 2.11. The van der Waals surface area contributed by atoms with Crippen molar-refractivity contribution in [3.8, 4) is 0 Å². The molecule has 2 rings (SSSR count). The lowest BCUT2D eigenvalue weighted by Gasteiger charge is -2.36. The van der Waals surface area contributed by atoms with E-state index in [1.165, 1.54) is 0 Å². The molecule has 5 heteroatoms. The molecule has 0 heterocycles. The van der Waals surface area contributed by atoms with Crippen LogP contribution in [0.25, 0.3) is 0 Å². The molecule has 0 aliphatic heterocycles. The van der Waals surface area contributed by atoms with Crippen molar-refractivity contribution in [2.24, 2.45) is 5.73 Å². The quantitative estimate of drug-likeness (QED) is 0.687. The van der Waals surface area contributed by atoms with Crippen molar-refractivity contribution in [2.45, 2.75) is 31.9 Å². The van der Waals surface area contributed by atoms with Gasteiger partial charge in [-0.3, -0.25) is 4.79 Å². The Morgan fingerprint density at radius 1 is 1.50 bits per heavy atom. The molecule has 0 spiro atoms. The maximum atomic E-state index is 11.1. The molecule has 1 amide bonds. The molecule has 0 unspecified atom stereocenters. The minimum atomic E-state index is -0.446. The Morgan fingerprint density at radius 3 is 2.83 bits per heavy atom. The number of amides is 1. The molecule has 0 radical (unpaired) electrons. The van der Waals surface area contributed by atoms with Crippen molar-refractivity contribution >= 4 is 17.3 Å². The summed E-state index contributed by atoms with van der Waals surface area (Å²) in [7, 11) is 0. The third kappa shape index (κ3) is 2.73. The van der Waals surface area contributed by atoms with Crippen molar-refractivity contribution in [2.75, 3.05) is 17.7 Å². The number of hydrogen-bond donors (Lipinski definition) is 3. The van der Waals surface area contributed by atoms with E-state index in [9.17, 15) is 4.79 Å². The van der Waals surface area contributed by atoms with Gasteiger partial charge in [-0.05, 0) is 38.0 Å². The van der Waals surface area contributed by atoms with Gasteiger partial charge in [-0.2, -0.15) is 0 Å². The van der Waals surface area contributed by atoms with Crippen LogP contribution in [0.15, 0.2) is 18.2 Å². The first-order chi connectivity index (χ1) is 8.60. The predicted octanol–water partition coefficient (Wildman–Crippen LogP) is 1.35. The second-order valence-corrected chi connectivity index (χ2v) is 4.56. The second-order valence-electron chi connectivity index (χ2n) is 4.56. The zero-order valence-electron chi connectivity index (χ0n) is 10.5. The van der Waals surface area contributed by atoms with Crippen molar-refractivity contribution in [3.63, 3.8) is 0 Å². The molecule has 5 nitrogen and oxygen atoms in total. The van der Waals surface area contributed by atoms with Crippen molar-refractivity contribution in [1.82, 2.24) is 0 Å². The topological polar surface area (TPSA) is 90.4 Å². The van der Waals surface area contributed by atoms with E-state index in [0.29, 0.717) is 23.4 Å². The van der Waals surface area contributed by atoms with Crippen molar-refractivity contribution in [1.29, 1.82) is 0 Å². The van der Waals surface area contributed by atoms with Crippen LogP contribution in [0, 0.1) is 0 Å². The summed E-state index contributed by atoms with van der Waals surface area (Å²) in [5.41, 5.74) is 13.0. The van der Waals surface area contributed by atoms with Gasteiger partial charge in [0.2, 0.25) is 5.91 Å². The normalized spacial score (nSPS) is 22.3. The smallest absolute Gasteiger partial charge is 0.248 e. The number of carbonyl (C=O) groups excluding carboxylic acids is 1. The van der Waals surface area contributed by atoms with Gasteiger partial charge >= 0.3 is 0 Å². The summed E-state index contributed by atoms with van der Waals surface area (Å²) in [6.07, 6.45) is 2.27. The Morgan fingerprint density at radius 2 is 2.22 bits per heavy atom. The summed E-state index contributed by atoms with van der Waals surface area (Å²) < 4.78 is 5.49. The summed E-state index contributed by atoms with van der Waals surface area (Å²) in [6.45, 7) is 2.74. The highest BCUT2D eigenvalue weighted by Crippen LogP contribution is 2.29. The standard InChI is InChI=1S/C13H19N3O2/c1-2-18-10-6-9(7-10)16-12-5-8(13(15)17)3-4-11(12)14/h3-5,9-10,16H,2,6-7,14H2,1H3,(H2,15,17). The Balaban J connectivity index is 1.97. The van der Waals surface area contributed by atoms with E-state index in [1.54, 1.807) is 18.2 Å². The molecular weight excluding hydrogens is 230 g/mol. The maximum absolute atomic E-state index is 11.1. The SMILES string of the molecule is CCOC1CC(Nc2cc(C(N)=O)ccc2N)C1. The van der Waals surface area contributed by atoms with Gasteiger partial charge in [-0.1, -0.05) is 0 Å². The fraction of sp³-hybridized carbons (Fsp3) is 0.462. The molecule has 1 aromatic rings. The number of carbonyl (C=O) groups is 1. The third-order valence-electron chi connectivity index (χ3n) is 3.19. The van der Waals surface area contributed by atoms with Gasteiger partial charge in [-0.25, -0.2) is 0 Å². The van der Waals surface area contributed by atoms with E-state index in [1.807, 2.05) is 6.92 Å². The minimum absolute atomic E-state index is 0.341. The van der Waals surface area contributed by atoms with E-state index < -0.39 is 5.91 Å². The van der Waals surface area contributed by atoms with Crippen LogP contribution in [0.1, 0.15) is 30.1 Å². The molecule has 1 aliphatic rings. The highest BCUT2D eigenvalue weighted by atomic mass is 16.5. The van der Waals surface area contributed by atoms with Crippen LogP contribution in [-0.2, 0) is 4.74 Å². The lowest BCUT2D eigenvalue weighted by molar-refractivity contribution is 0.00300. The first kappa shape index (κ1) is 12.7. The number of hydrogen-bond acceptors (Lipinski definition) is 4. The molecular formula is C13H19N3O2. The predicted molar refractivity (Wildman–Crippen MR) is 71.4 cm³/mol. The van der Waals surface area contributed by atoms with Crippen LogP contribution in [0.5, 0.6) is 0 Å². The number of primary amides is 1. The highest BCUT2D eigenvalue weighted by molar-refractivity contribution is 5.94. The van der Waals surface area contributed by atoms with Gasteiger partial charge in [0, 0.05) is 18.2 Å². The summed E-state index contributed by atoms with van der Waals surface area (Å²) >= 11 is 0. The highest BCUT2D eigenvalue weighted by Gasteiger charge is 2.29. The summed E-state index contributed by atoms with van der Waals surface area (Å²) in [5.74, 6) is -0.446. The number of nitrogens with two attached hydrogens (primary N) is 2. The first-order valence-corrected chi connectivity index (χ1v) is 6.17. The van der Waals surface area contributed by atoms with Crippen molar-refractivity contribution in [3.05, 3.63) is 23.8 Å². The summed E-state index contributed by atoms with van der Waals surface area (Å²) in [6, 6.07) is 5.38. The van der Waals surface area contributed by atoms with Gasteiger partial charge in [0.05, 0.1) is 17.5 Å². The zero-order valence-corrected chi connectivity index (χ0v) is 10.5. The third-order valence-corrected chi connectivity index (χ3v) is 3.19. The van der Waals surface area contributed by atoms with E-state index in [-0.39, 0.29) is 0 Å². The molecule has 98 valence electrons. The number of benzene rings is 1. The summed E-state index contributed by atoms with van der Waals surface area (Å²) in [5, 5.41) is 3.32. The number of rotatable bonds is 5. The lowest BCUT2D eigenvalue weighted by atomic mass is 9.89.